The van der Waals surface area contributed by atoms with Crippen LogP contribution in [-0.2, 0) is 0 Å². The maximum atomic E-state index is 12.1. The van der Waals surface area contributed by atoms with E-state index in [4.69, 9.17) is 33.2 Å². The summed E-state index contributed by atoms with van der Waals surface area (Å²) >= 11 is 12.6. The lowest BCUT2D eigenvalue weighted by atomic mass is 10.2. The van der Waals surface area contributed by atoms with Crippen molar-refractivity contribution in [3.8, 4) is 23.4 Å². The normalized spacial score (nSPS) is 10.7. The summed E-state index contributed by atoms with van der Waals surface area (Å²) in [5.41, 5.74) is -2.00. The van der Waals surface area contributed by atoms with Crippen LogP contribution in [0.3, 0.4) is 0 Å². The lowest BCUT2D eigenvalue weighted by Gasteiger charge is -2.13. The number of H-pyrrole nitrogens is 2. The average Bonchev–Trinajstić information content (AvgIpc) is 2.72. The Balaban J connectivity index is 1.82. The van der Waals surface area contributed by atoms with Crippen LogP contribution in [0.4, 0.5) is 0 Å². The molecule has 9 nitrogen and oxygen atoms in total. The molecular weight excluding hydrogens is 433 g/mol. The highest BCUT2D eigenvalue weighted by atomic mass is 35.5. The molecule has 2 N–H and O–H groups in total. The Bertz CT molecular complexity index is 1510. The molecule has 0 amide bonds. The van der Waals surface area contributed by atoms with Crippen LogP contribution in [0.25, 0.3) is 16.5 Å². The third-order valence-corrected chi connectivity index (χ3v) is 4.75. The van der Waals surface area contributed by atoms with Crippen LogP contribution in [0.2, 0.25) is 10.0 Å². The van der Waals surface area contributed by atoms with Crippen molar-refractivity contribution in [2.24, 2.45) is 0 Å². The van der Waals surface area contributed by atoms with Crippen molar-refractivity contribution in [1.82, 2.24) is 19.7 Å². The van der Waals surface area contributed by atoms with Crippen LogP contribution in [0, 0.1) is 11.3 Å². The summed E-state index contributed by atoms with van der Waals surface area (Å²) in [5, 5.41) is 16.1. The van der Waals surface area contributed by atoms with Gasteiger partial charge >= 0.3 is 5.69 Å². The first kappa shape index (κ1) is 19.4. The van der Waals surface area contributed by atoms with Gasteiger partial charge < -0.3 is 4.74 Å². The fourth-order valence-electron chi connectivity index (χ4n) is 2.79. The Kier molecular flexibility index (Phi) is 4.87. The van der Waals surface area contributed by atoms with Gasteiger partial charge in [0.2, 0.25) is 5.88 Å². The molecule has 0 radical (unpaired) electrons. The predicted molar refractivity (Wildman–Crippen MR) is 110 cm³/mol. The van der Waals surface area contributed by atoms with E-state index in [1.807, 2.05) is 4.98 Å². The van der Waals surface area contributed by atoms with E-state index in [-0.39, 0.29) is 38.5 Å². The second-order valence-corrected chi connectivity index (χ2v) is 6.84. The minimum Gasteiger partial charge on any atom is -0.434 e. The van der Waals surface area contributed by atoms with Crippen molar-refractivity contribution >= 4 is 34.0 Å². The van der Waals surface area contributed by atoms with Crippen molar-refractivity contribution in [2.45, 2.75) is 0 Å². The van der Waals surface area contributed by atoms with Gasteiger partial charge in [-0.25, -0.2) is 9.89 Å². The second kappa shape index (κ2) is 7.51. The quantitative estimate of drug-likeness (QED) is 0.501. The average molecular weight is 442 g/mol. The summed E-state index contributed by atoms with van der Waals surface area (Å²) in [6.07, 6.45) is 1.08. The number of nitrogens with one attached hydrogen (secondary N) is 2. The van der Waals surface area contributed by atoms with Crippen molar-refractivity contribution in [3.05, 3.63) is 89.4 Å². The first-order valence-corrected chi connectivity index (χ1v) is 9.05. The molecule has 2 heterocycles. The lowest BCUT2D eigenvalue weighted by molar-refractivity contribution is 0.461. The van der Waals surface area contributed by atoms with Crippen LogP contribution in [0.1, 0.15) is 5.56 Å². The molecule has 0 aliphatic heterocycles. The van der Waals surface area contributed by atoms with Gasteiger partial charge in [-0.05, 0) is 24.3 Å². The van der Waals surface area contributed by atoms with Gasteiger partial charge in [0, 0.05) is 6.20 Å². The van der Waals surface area contributed by atoms with Gasteiger partial charge in [0.05, 0.1) is 26.5 Å². The number of aromatic amines is 2. The third-order valence-electron chi connectivity index (χ3n) is 4.18. The molecule has 0 fully saturated rings. The highest BCUT2D eigenvalue weighted by Crippen LogP contribution is 2.38. The van der Waals surface area contributed by atoms with Crippen molar-refractivity contribution in [1.29, 1.82) is 5.26 Å². The monoisotopic (exact) mass is 441 g/mol. The molecule has 4 aromatic rings. The number of nitriles is 1. The van der Waals surface area contributed by atoms with E-state index in [9.17, 15) is 14.4 Å². The predicted octanol–water partition coefficient (Wildman–Crippen LogP) is 2.73. The number of halogens is 2. The van der Waals surface area contributed by atoms with Crippen LogP contribution < -0.4 is 21.5 Å². The van der Waals surface area contributed by atoms with Gasteiger partial charge in [0.1, 0.15) is 11.6 Å². The largest absolute Gasteiger partial charge is 0.434 e. The Morgan fingerprint density at radius 3 is 2.37 bits per heavy atom. The summed E-state index contributed by atoms with van der Waals surface area (Å²) in [6.45, 7) is 0. The van der Waals surface area contributed by atoms with Crippen LogP contribution >= 0.6 is 23.2 Å². The van der Waals surface area contributed by atoms with Gasteiger partial charge in [0.25, 0.3) is 11.1 Å². The molecule has 2 aromatic carbocycles. The van der Waals surface area contributed by atoms with E-state index in [0.717, 1.165) is 10.8 Å². The van der Waals surface area contributed by atoms with Crippen molar-refractivity contribution < 1.29 is 4.74 Å². The van der Waals surface area contributed by atoms with Gasteiger partial charge in [-0.2, -0.15) is 5.26 Å². The summed E-state index contributed by atoms with van der Waals surface area (Å²) in [4.78, 5) is 37.7. The molecule has 0 spiro atoms. The summed E-state index contributed by atoms with van der Waals surface area (Å²) in [6, 6.07) is 11.1. The Morgan fingerprint density at radius 1 is 1.03 bits per heavy atom. The molecular formula is C19H9Cl2N5O4. The van der Waals surface area contributed by atoms with E-state index in [1.54, 1.807) is 30.3 Å². The van der Waals surface area contributed by atoms with Crippen molar-refractivity contribution in [3.63, 3.8) is 0 Å². The van der Waals surface area contributed by atoms with Gasteiger partial charge in [0.15, 0.2) is 5.75 Å². The number of hydrogen-bond donors (Lipinski definition) is 2. The first-order chi connectivity index (χ1) is 14.4. The molecule has 30 heavy (non-hydrogen) atoms. The fraction of sp³-hybridized carbons (Fsp3) is 0. The number of ether oxygens (including phenoxy) is 1. The maximum absolute atomic E-state index is 12.1. The fourth-order valence-corrected chi connectivity index (χ4v) is 3.34. The van der Waals surface area contributed by atoms with Gasteiger partial charge in [-0.15, -0.1) is 5.10 Å². The number of fused-ring (bicyclic) bond motifs is 1. The minimum atomic E-state index is -0.799. The number of rotatable bonds is 3. The summed E-state index contributed by atoms with van der Waals surface area (Å²) < 4.78 is 6.77. The lowest BCUT2D eigenvalue weighted by Crippen LogP contribution is -2.30. The molecule has 0 saturated carbocycles. The molecule has 0 aliphatic rings. The van der Waals surface area contributed by atoms with E-state index < -0.39 is 11.2 Å². The van der Waals surface area contributed by atoms with Gasteiger partial charge in [-0.3, -0.25) is 19.1 Å². The molecule has 0 unspecified atom stereocenters. The number of aromatic nitrogens is 4. The molecule has 4 rings (SSSR count). The van der Waals surface area contributed by atoms with Crippen LogP contribution in [-0.4, -0.2) is 19.7 Å². The third kappa shape index (κ3) is 3.34. The topological polar surface area (TPSA) is 134 Å². The molecule has 0 bridgehead atoms. The molecule has 0 atom stereocenters. The second-order valence-electron chi connectivity index (χ2n) is 6.03. The van der Waals surface area contributed by atoms with E-state index in [2.05, 4.69) is 10.2 Å². The van der Waals surface area contributed by atoms with Crippen LogP contribution in [0.15, 0.2) is 57.0 Å². The first-order valence-electron chi connectivity index (χ1n) is 8.30. The van der Waals surface area contributed by atoms with Crippen LogP contribution in [0.5, 0.6) is 11.6 Å². The SMILES string of the molecule is N#Cc1cn(-c2cc(Cl)c(Oc3n[nH]c(=O)c4ccccc34)c(Cl)c2)c(=O)[nH]c1=O. The number of benzene rings is 2. The summed E-state index contributed by atoms with van der Waals surface area (Å²) in [7, 11) is 0. The highest BCUT2D eigenvalue weighted by Gasteiger charge is 2.16. The Hall–Kier alpha value is -3.87. The Labute approximate surface area is 176 Å². The molecule has 148 valence electrons. The van der Waals surface area contributed by atoms with E-state index in [0.29, 0.717) is 10.8 Å². The molecule has 11 heteroatoms. The summed E-state index contributed by atoms with van der Waals surface area (Å²) in [5.74, 6) is 0.125. The smallest absolute Gasteiger partial charge is 0.332 e. The maximum Gasteiger partial charge on any atom is 0.332 e. The van der Waals surface area contributed by atoms with E-state index >= 15 is 0 Å². The minimum absolute atomic E-state index is 0.0335. The number of nitrogens with zero attached hydrogens (tertiary/aromatic N) is 3. The molecule has 0 saturated heterocycles. The Morgan fingerprint density at radius 2 is 1.70 bits per heavy atom. The number of hydrogen-bond acceptors (Lipinski definition) is 6. The zero-order valence-corrected chi connectivity index (χ0v) is 16.3. The molecule has 2 aromatic heterocycles. The van der Waals surface area contributed by atoms with Crippen molar-refractivity contribution in [2.75, 3.05) is 0 Å². The zero-order chi connectivity index (χ0) is 21.4. The van der Waals surface area contributed by atoms with E-state index in [1.165, 1.54) is 12.1 Å². The standard InChI is InChI=1S/C19H9Cl2N5O4/c20-13-5-10(26-8-9(7-22)16(27)23-19(26)29)6-14(21)15(13)30-18-12-4-2-1-3-11(12)17(28)24-25-18/h1-6,8H,(H,24,28)(H,23,27,29). The molecule has 0 aliphatic carbocycles. The zero-order valence-electron chi connectivity index (χ0n) is 14.8. The van der Waals surface area contributed by atoms with Gasteiger partial charge in [-0.1, -0.05) is 35.3 Å². The highest BCUT2D eigenvalue weighted by molar-refractivity contribution is 6.37.